The van der Waals surface area contributed by atoms with Crippen molar-refractivity contribution in [2.24, 2.45) is 0 Å². The normalized spacial score (nSPS) is 15.3. The van der Waals surface area contributed by atoms with E-state index in [1.165, 1.54) is 18.9 Å². The van der Waals surface area contributed by atoms with E-state index in [0.29, 0.717) is 0 Å². The first kappa shape index (κ1) is 9.97. The third-order valence-corrected chi connectivity index (χ3v) is 2.70. The smallest absolute Gasteiger partial charge is 0.125 e. The van der Waals surface area contributed by atoms with Gasteiger partial charge in [0.15, 0.2) is 0 Å². The molecular formula is C12H13FN2. The molecule has 0 bridgehead atoms. The lowest BCUT2D eigenvalue weighted by Crippen LogP contribution is -2.17. The van der Waals surface area contributed by atoms with Crippen molar-refractivity contribution in [2.45, 2.75) is 19.3 Å². The largest absolute Gasteiger partial charge is 0.371 e. The van der Waals surface area contributed by atoms with E-state index in [0.717, 1.165) is 24.3 Å². The first-order chi connectivity index (χ1) is 7.29. The fourth-order valence-corrected chi connectivity index (χ4v) is 1.98. The predicted molar refractivity (Wildman–Crippen MR) is 57.2 cm³/mol. The highest BCUT2D eigenvalue weighted by Gasteiger charge is 2.13. The Morgan fingerprint density at radius 1 is 1.27 bits per heavy atom. The summed E-state index contributed by atoms with van der Waals surface area (Å²) in [5.74, 6) is -0.246. The standard InChI is InChI=1S/C12H13FN2/c13-11-7-10(3-4-14)8-12(9-11)15-5-1-2-6-15/h7-9H,1-3,5-6H2. The van der Waals surface area contributed by atoms with Crippen LogP contribution >= 0.6 is 0 Å². The van der Waals surface area contributed by atoms with Crippen LogP contribution in [0.4, 0.5) is 10.1 Å². The van der Waals surface area contributed by atoms with Crippen molar-refractivity contribution in [1.82, 2.24) is 0 Å². The van der Waals surface area contributed by atoms with E-state index >= 15 is 0 Å². The maximum atomic E-state index is 13.3. The molecular weight excluding hydrogens is 191 g/mol. The summed E-state index contributed by atoms with van der Waals surface area (Å²) in [6, 6.07) is 6.94. The molecule has 15 heavy (non-hydrogen) atoms. The predicted octanol–water partition coefficient (Wildman–Crippen LogP) is 2.49. The monoisotopic (exact) mass is 204 g/mol. The minimum absolute atomic E-state index is 0.246. The van der Waals surface area contributed by atoms with E-state index in [2.05, 4.69) is 4.90 Å². The van der Waals surface area contributed by atoms with Crippen molar-refractivity contribution in [3.8, 4) is 6.07 Å². The second kappa shape index (κ2) is 4.31. The minimum atomic E-state index is -0.246. The van der Waals surface area contributed by atoms with Crippen LogP contribution in [0.2, 0.25) is 0 Å². The molecule has 2 nitrogen and oxygen atoms in total. The Bertz CT molecular complexity index is 389. The molecule has 0 spiro atoms. The first-order valence-electron chi connectivity index (χ1n) is 5.21. The fourth-order valence-electron chi connectivity index (χ4n) is 1.98. The number of anilines is 1. The molecule has 1 heterocycles. The van der Waals surface area contributed by atoms with Crippen molar-refractivity contribution in [1.29, 1.82) is 5.26 Å². The lowest BCUT2D eigenvalue weighted by atomic mass is 10.1. The third-order valence-electron chi connectivity index (χ3n) is 2.70. The summed E-state index contributed by atoms with van der Waals surface area (Å²) in [5, 5.41) is 8.58. The van der Waals surface area contributed by atoms with Gasteiger partial charge in [-0.25, -0.2) is 4.39 Å². The van der Waals surface area contributed by atoms with Crippen molar-refractivity contribution >= 4 is 5.69 Å². The Hall–Kier alpha value is -1.56. The molecule has 0 radical (unpaired) electrons. The Labute approximate surface area is 88.9 Å². The van der Waals surface area contributed by atoms with E-state index in [4.69, 9.17) is 5.26 Å². The van der Waals surface area contributed by atoms with E-state index in [1.54, 1.807) is 6.07 Å². The average Bonchev–Trinajstić information content (AvgIpc) is 2.70. The number of halogens is 1. The molecule has 1 aliphatic rings. The van der Waals surface area contributed by atoms with Crippen molar-refractivity contribution in [3.63, 3.8) is 0 Å². The summed E-state index contributed by atoms with van der Waals surface area (Å²) >= 11 is 0. The molecule has 0 amide bonds. The van der Waals surface area contributed by atoms with Crippen LogP contribution in [0.3, 0.4) is 0 Å². The highest BCUT2D eigenvalue weighted by Crippen LogP contribution is 2.22. The lowest BCUT2D eigenvalue weighted by molar-refractivity contribution is 0.625. The maximum absolute atomic E-state index is 13.3. The number of rotatable bonds is 2. The van der Waals surface area contributed by atoms with Gasteiger partial charge in [-0.15, -0.1) is 0 Å². The van der Waals surface area contributed by atoms with Gasteiger partial charge in [-0.1, -0.05) is 0 Å². The first-order valence-corrected chi connectivity index (χ1v) is 5.21. The SMILES string of the molecule is N#CCc1cc(F)cc(N2CCCC2)c1. The van der Waals surface area contributed by atoms with Crippen LogP contribution in [0, 0.1) is 17.1 Å². The molecule has 0 unspecified atom stereocenters. The molecule has 0 N–H and O–H groups in total. The molecule has 78 valence electrons. The molecule has 0 aliphatic carbocycles. The van der Waals surface area contributed by atoms with Crippen LogP contribution in [-0.4, -0.2) is 13.1 Å². The maximum Gasteiger partial charge on any atom is 0.125 e. The van der Waals surface area contributed by atoms with Gasteiger partial charge in [0, 0.05) is 18.8 Å². The number of hydrogen-bond acceptors (Lipinski definition) is 2. The van der Waals surface area contributed by atoms with Crippen LogP contribution in [-0.2, 0) is 6.42 Å². The highest BCUT2D eigenvalue weighted by molar-refractivity contribution is 5.50. The zero-order chi connectivity index (χ0) is 10.7. The van der Waals surface area contributed by atoms with Gasteiger partial charge >= 0.3 is 0 Å². The van der Waals surface area contributed by atoms with Crippen molar-refractivity contribution < 1.29 is 4.39 Å². The molecule has 0 saturated carbocycles. The Kier molecular flexibility index (Phi) is 2.86. The Morgan fingerprint density at radius 3 is 2.67 bits per heavy atom. The van der Waals surface area contributed by atoms with Gasteiger partial charge in [0.25, 0.3) is 0 Å². The van der Waals surface area contributed by atoms with Gasteiger partial charge in [0.1, 0.15) is 5.82 Å². The lowest BCUT2D eigenvalue weighted by Gasteiger charge is -2.18. The Morgan fingerprint density at radius 2 is 2.00 bits per heavy atom. The zero-order valence-electron chi connectivity index (χ0n) is 8.54. The third kappa shape index (κ3) is 2.27. The van der Waals surface area contributed by atoms with Crippen LogP contribution in [0.5, 0.6) is 0 Å². The van der Waals surface area contributed by atoms with Gasteiger partial charge in [0.2, 0.25) is 0 Å². The number of nitrogens with zero attached hydrogens (tertiary/aromatic N) is 2. The van der Waals surface area contributed by atoms with Gasteiger partial charge in [0.05, 0.1) is 12.5 Å². The van der Waals surface area contributed by atoms with E-state index in [1.807, 2.05) is 12.1 Å². The molecule has 2 rings (SSSR count). The molecule has 3 heteroatoms. The fraction of sp³-hybridized carbons (Fsp3) is 0.417. The molecule has 0 aromatic heterocycles. The van der Waals surface area contributed by atoms with Gasteiger partial charge < -0.3 is 4.90 Å². The van der Waals surface area contributed by atoms with E-state index in [-0.39, 0.29) is 12.2 Å². The van der Waals surface area contributed by atoms with Gasteiger partial charge in [-0.2, -0.15) is 5.26 Å². The number of hydrogen-bond donors (Lipinski definition) is 0. The number of nitriles is 1. The summed E-state index contributed by atoms with van der Waals surface area (Å²) < 4.78 is 13.3. The van der Waals surface area contributed by atoms with Crippen molar-refractivity contribution in [2.75, 3.05) is 18.0 Å². The van der Waals surface area contributed by atoms with E-state index in [9.17, 15) is 4.39 Å². The Balaban J connectivity index is 2.26. The van der Waals surface area contributed by atoms with E-state index < -0.39 is 0 Å². The van der Waals surface area contributed by atoms with Crippen LogP contribution in [0.25, 0.3) is 0 Å². The summed E-state index contributed by atoms with van der Waals surface area (Å²) in [4.78, 5) is 2.17. The summed E-state index contributed by atoms with van der Waals surface area (Å²) in [6.45, 7) is 1.99. The second-order valence-corrected chi connectivity index (χ2v) is 3.85. The molecule has 1 aromatic rings. The summed E-state index contributed by atoms with van der Waals surface area (Å²) in [7, 11) is 0. The van der Waals surface area contributed by atoms with Crippen LogP contribution < -0.4 is 4.90 Å². The molecule has 1 aliphatic heterocycles. The molecule has 1 fully saturated rings. The highest BCUT2D eigenvalue weighted by atomic mass is 19.1. The van der Waals surface area contributed by atoms with Crippen molar-refractivity contribution in [3.05, 3.63) is 29.6 Å². The summed E-state index contributed by atoms with van der Waals surface area (Å²) in [5.41, 5.74) is 1.68. The minimum Gasteiger partial charge on any atom is -0.371 e. The molecule has 1 saturated heterocycles. The van der Waals surface area contributed by atoms with Crippen LogP contribution in [0.15, 0.2) is 18.2 Å². The van der Waals surface area contributed by atoms with Gasteiger partial charge in [-0.05, 0) is 36.6 Å². The molecule has 1 aromatic carbocycles. The second-order valence-electron chi connectivity index (χ2n) is 3.85. The summed E-state index contributed by atoms with van der Waals surface area (Å²) in [6.07, 6.45) is 2.62. The average molecular weight is 204 g/mol. The topological polar surface area (TPSA) is 27.0 Å². The number of benzene rings is 1. The quantitative estimate of drug-likeness (QED) is 0.740. The van der Waals surface area contributed by atoms with Gasteiger partial charge in [-0.3, -0.25) is 0 Å². The zero-order valence-corrected chi connectivity index (χ0v) is 8.54. The molecule has 0 atom stereocenters. The van der Waals surface area contributed by atoms with Crippen LogP contribution in [0.1, 0.15) is 18.4 Å².